The van der Waals surface area contributed by atoms with Gasteiger partial charge in [-0.05, 0) is 47.6 Å². The predicted molar refractivity (Wildman–Crippen MR) is 73.7 cm³/mol. The molecule has 106 valence electrons. The molecule has 0 amide bonds. The molecule has 1 fully saturated rings. The minimum Gasteiger partial charge on any atom is -0.481 e. The van der Waals surface area contributed by atoms with Crippen molar-refractivity contribution < 1.29 is 9.90 Å². The molecule has 1 aliphatic rings. The molecule has 1 atom stereocenters. The van der Waals surface area contributed by atoms with Crippen molar-refractivity contribution >= 4 is 5.97 Å². The van der Waals surface area contributed by atoms with Gasteiger partial charge in [-0.25, -0.2) is 0 Å². The molecular formula is C14H28N2O2. The van der Waals surface area contributed by atoms with Crippen molar-refractivity contribution in [2.24, 2.45) is 5.92 Å². The molecule has 18 heavy (non-hydrogen) atoms. The molecule has 0 saturated carbocycles. The zero-order chi connectivity index (χ0) is 14.1. The molecular weight excluding hydrogens is 228 g/mol. The van der Waals surface area contributed by atoms with Crippen molar-refractivity contribution in [2.45, 2.75) is 64.6 Å². The van der Waals surface area contributed by atoms with Crippen LogP contribution < -0.4 is 5.32 Å². The summed E-state index contributed by atoms with van der Waals surface area (Å²) in [5.41, 5.74) is 0.209. The van der Waals surface area contributed by atoms with Gasteiger partial charge in [0.1, 0.15) is 0 Å². The molecule has 1 heterocycles. The van der Waals surface area contributed by atoms with Crippen molar-refractivity contribution in [3.63, 3.8) is 0 Å². The minimum atomic E-state index is -0.714. The molecule has 0 bridgehead atoms. The fraction of sp³-hybridized carbons (Fsp3) is 0.929. The highest BCUT2D eigenvalue weighted by Crippen LogP contribution is 2.31. The van der Waals surface area contributed by atoms with Crippen LogP contribution in [0.4, 0.5) is 0 Å². The first-order valence-corrected chi connectivity index (χ1v) is 6.75. The summed E-state index contributed by atoms with van der Waals surface area (Å²) in [6.07, 6.45) is 2.11. The number of nitrogens with zero attached hydrogens (tertiary/aromatic N) is 1. The van der Waals surface area contributed by atoms with Crippen LogP contribution in [0.15, 0.2) is 0 Å². The molecule has 0 aromatic heterocycles. The van der Waals surface area contributed by atoms with Crippen molar-refractivity contribution in [3.05, 3.63) is 0 Å². The van der Waals surface area contributed by atoms with Gasteiger partial charge in [-0.2, -0.15) is 0 Å². The Balaban J connectivity index is 2.67. The molecule has 0 aliphatic carbocycles. The average molecular weight is 256 g/mol. The normalized spacial score (nSPS) is 25.1. The lowest BCUT2D eigenvalue weighted by atomic mass is 9.79. The third kappa shape index (κ3) is 4.25. The Hall–Kier alpha value is -0.610. The Morgan fingerprint density at radius 1 is 1.33 bits per heavy atom. The summed E-state index contributed by atoms with van der Waals surface area (Å²) in [6.45, 7) is 11.3. The molecule has 0 spiro atoms. The van der Waals surface area contributed by atoms with Crippen LogP contribution in [0.3, 0.4) is 0 Å². The van der Waals surface area contributed by atoms with E-state index in [1.807, 2.05) is 7.05 Å². The first kappa shape index (κ1) is 15.4. The molecule has 4 nitrogen and oxygen atoms in total. The topological polar surface area (TPSA) is 52.6 Å². The lowest BCUT2D eigenvalue weighted by Crippen LogP contribution is -2.62. The average Bonchev–Trinajstić information content (AvgIpc) is 2.12. The maximum atomic E-state index is 10.9. The van der Waals surface area contributed by atoms with E-state index in [0.29, 0.717) is 12.6 Å². The Bertz CT molecular complexity index is 297. The van der Waals surface area contributed by atoms with E-state index in [-0.39, 0.29) is 17.0 Å². The number of carboxylic acid groups (broad SMARTS) is 1. The Morgan fingerprint density at radius 3 is 2.17 bits per heavy atom. The predicted octanol–water partition coefficient (Wildman–Crippen LogP) is 1.95. The van der Waals surface area contributed by atoms with Crippen LogP contribution in [0.2, 0.25) is 0 Å². The summed E-state index contributed by atoms with van der Waals surface area (Å²) < 4.78 is 0. The van der Waals surface area contributed by atoms with Crippen molar-refractivity contribution in [2.75, 3.05) is 13.6 Å². The largest absolute Gasteiger partial charge is 0.481 e. The van der Waals surface area contributed by atoms with Crippen LogP contribution >= 0.6 is 0 Å². The molecule has 1 unspecified atom stereocenters. The lowest BCUT2D eigenvalue weighted by Gasteiger charge is -2.49. The molecule has 0 radical (unpaired) electrons. The smallest absolute Gasteiger partial charge is 0.307 e. The second-order valence-electron chi connectivity index (χ2n) is 7.13. The Labute approximate surface area is 111 Å². The van der Waals surface area contributed by atoms with Gasteiger partial charge in [-0.1, -0.05) is 6.92 Å². The zero-order valence-electron chi connectivity index (χ0n) is 12.6. The highest BCUT2D eigenvalue weighted by Gasteiger charge is 2.39. The van der Waals surface area contributed by atoms with Crippen molar-refractivity contribution in [1.82, 2.24) is 10.2 Å². The molecule has 1 saturated heterocycles. The third-order valence-corrected chi connectivity index (χ3v) is 3.78. The number of piperidine rings is 1. The van der Waals surface area contributed by atoms with Crippen LogP contribution in [0, 0.1) is 5.92 Å². The van der Waals surface area contributed by atoms with Gasteiger partial charge < -0.3 is 15.3 Å². The summed E-state index contributed by atoms with van der Waals surface area (Å²) in [5, 5.41) is 12.6. The minimum absolute atomic E-state index is 0.104. The van der Waals surface area contributed by atoms with Crippen molar-refractivity contribution in [1.29, 1.82) is 0 Å². The summed E-state index contributed by atoms with van der Waals surface area (Å²) in [4.78, 5) is 13.1. The van der Waals surface area contributed by atoms with E-state index in [9.17, 15) is 4.79 Å². The first-order valence-electron chi connectivity index (χ1n) is 6.75. The van der Waals surface area contributed by atoms with Crippen LogP contribution in [0.1, 0.15) is 47.5 Å². The Kier molecular flexibility index (Phi) is 4.44. The van der Waals surface area contributed by atoms with Crippen molar-refractivity contribution in [3.8, 4) is 0 Å². The van der Waals surface area contributed by atoms with Gasteiger partial charge in [-0.3, -0.25) is 4.79 Å². The van der Waals surface area contributed by atoms with E-state index < -0.39 is 5.97 Å². The first-order chi connectivity index (χ1) is 8.02. The van der Waals surface area contributed by atoms with Gasteiger partial charge in [0.2, 0.25) is 0 Å². The van der Waals surface area contributed by atoms with Crippen LogP contribution in [0.5, 0.6) is 0 Å². The number of aliphatic carboxylic acids is 1. The Morgan fingerprint density at radius 2 is 1.78 bits per heavy atom. The standard InChI is InChI=1S/C14H28N2O2/c1-10(12(17)18)9-16(6)11-7-13(2,3)15-14(4,5)8-11/h10-11,15H,7-9H2,1-6H3,(H,17,18). The quantitative estimate of drug-likeness (QED) is 0.807. The summed E-state index contributed by atoms with van der Waals surface area (Å²) >= 11 is 0. The molecule has 0 aromatic rings. The highest BCUT2D eigenvalue weighted by molar-refractivity contribution is 5.69. The molecule has 2 N–H and O–H groups in total. The summed E-state index contributed by atoms with van der Waals surface area (Å²) in [6, 6.07) is 0.443. The van der Waals surface area contributed by atoms with Gasteiger partial charge in [-0.15, -0.1) is 0 Å². The van der Waals surface area contributed by atoms with Gasteiger partial charge in [0.05, 0.1) is 5.92 Å². The fourth-order valence-electron chi connectivity index (χ4n) is 3.24. The monoisotopic (exact) mass is 256 g/mol. The maximum absolute atomic E-state index is 10.9. The van der Waals surface area contributed by atoms with E-state index in [4.69, 9.17) is 5.11 Å². The lowest BCUT2D eigenvalue weighted by molar-refractivity contribution is -0.141. The molecule has 1 rings (SSSR count). The van der Waals surface area contributed by atoms with Gasteiger partial charge in [0.15, 0.2) is 0 Å². The fourth-order valence-corrected chi connectivity index (χ4v) is 3.24. The molecule has 1 aliphatic heterocycles. The summed E-state index contributed by atoms with van der Waals surface area (Å²) in [7, 11) is 2.04. The van der Waals surface area contributed by atoms with Gasteiger partial charge >= 0.3 is 5.97 Å². The van der Waals surface area contributed by atoms with E-state index in [2.05, 4.69) is 37.9 Å². The second kappa shape index (κ2) is 5.17. The van der Waals surface area contributed by atoms with E-state index >= 15 is 0 Å². The number of carbonyl (C=O) groups is 1. The van der Waals surface area contributed by atoms with Crippen LogP contribution in [-0.2, 0) is 4.79 Å². The van der Waals surface area contributed by atoms with E-state index in [0.717, 1.165) is 12.8 Å². The van der Waals surface area contributed by atoms with E-state index in [1.54, 1.807) is 6.92 Å². The second-order valence-corrected chi connectivity index (χ2v) is 7.13. The molecule has 0 aromatic carbocycles. The number of hydrogen-bond donors (Lipinski definition) is 2. The van der Waals surface area contributed by atoms with E-state index in [1.165, 1.54) is 0 Å². The number of rotatable bonds is 4. The highest BCUT2D eigenvalue weighted by atomic mass is 16.4. The van der Waals surface area contributed by atoms with Crippen LogP contribution in [0.25, 0.3) is 0 Å². The summed E-state index contributed by atoms with van der Waals surface area (Å²) in [5.74, 6) is -1.02. The maximum Gasteiger partial charge on any atom is 0.307 e. The third-order valence-electron chi connectivity index (χ3n) is 3.78. The SMILES string of the molecule is CC(CN(C)C1CC(C)(C)NC(C)(C)C1)C(=O)O. The number of hydrogen-bond acceptors (Lipinski definition) is 3. The zero-order valence-corrected chi connectivity index (χ0v) is 12.6. The van der Waals surface area contributed by atoms with Gasteiger partial charge in [0.25, 0.3) is 0 Å². The van der Waals surface area contributed by atoms with Crippen LogP contribution in [-0.4, -0.2) is 46.7 Å². The molecule has 4 heteroatoms. The number of carboxylic acids is 1. The number of nitrogens with one attached hydrogen (secondary N) is 1. The van der Waals surface area contributed by atoms with Gasteiger partial charge in [0, 0.05) is 23.7 Å².